The van der Waals surface area contributed by atoms with Gasteiger partial charge in [0.2, 0.25) is 0 Å². The van der Waals surface area contributed by atoms with E-state index in [9.17, 15) is 0 Å². The van der Waals surface area contributed by atoms with E-state index >= 15 is 0 Å². The molecule has 0 radical (unpaired) electrons. The molecule has 0 aliphatic carbocycles. The fourth-order valence-corrected chi connectivity index (χ4v) is 0.625. The molecule has 9 heavy (non-hydrogen) atoms. The van der Waals surface area contributed by atoms with Crippen molar-refractivity contribution in [3.05, 3.63) is 24.3 Å². The molecule has 0 aromatic heterocycles. The summed E-state index contributed by atoms with van der Waals surface area (Å²) in [4.78, 5) is 0. The molecule has 0 bridgehead atoms. The first-order valence-electron chi connectivity index (χ1n) is 3.22. The standard InChI is InChI=1S/C8H12O/c1-7(2)4-3-5-8-6-9-8/h3-4,8H,1,5-6H2,2H3. The number of hydrogen-bond donors (Lipinski definition) is 0. The highest BCUT2D eigenvalue weighted by Gasteiger charge is 2.19. The third-order valence-electron chi connectivity index (χ3n) is 1.20. The topological polar surface area (TPSA) is 12.5 Å². The van der Waals surface area contributed by atoms with Crippen molar-refractivity contribution in [3.63, 3.8) is 0 Å². The molecule has 0 amide bonds. The summed E-state index contributed by atoms with van der Waals surface area (Å²) in [6.07, 6.45) is 5.70. The first-order valence-corrected chi connectivity index (χ1v) is 3.22. The Balaban J connectivity index is 2.08. The minimum Gasteiger partial charge on any atom is -0.373 e. The summed E-state index contributed by atoms with van der Waals surface area (Å²) >= 11 is 0. The predicted octanol–water partition coefficient (Wildman–Crippen LogP) is 1.91. The predicted molar refractivity (Wildman–Crippen MR) is 38.3 cm³/mol. The van der Waals surface area contributed by atoms with Crippen LogP contribution in [0.5, 0.6) is 0 Å². The van der Waals surface area contributed by atoms with Crippen molar-refractivity contribution in [3.8, 4) is 0 Å². The molecule has 0 N–H and O–H groups in total. The summed E-state index contributed by atoms with van der Waals surface area (Å²) < 4.78 is 5.01. The molecule has 50 valence electrons. The number of epoxide rings is 1. The molecule has 0 saturated carbocycles. The minimum absolute atomic E-state index is 0.514. The summed E-state index contributed by atoms with van der Waals surface area (Å²) in [7, 11) is 0. The van der Waals surface area contributed by atoms with Gasteiger partial charge in [-0.1, -0.05) is 24.3 Å². The molecule has 0 aromatic carbocycles. The average molecular weight is 124 g/mol. The molecule has 1 unspecified atom stereocenters. The van der Waals surface area contributed by atoms with Crippen molar-refractivity contribution < 1.29 is 4.74 Å². The van der Waals surface area contributed by atoms with Crippen molar-refractivity contribution in [2.45, 2.75) is 19.4 Å². The lowest BCUT2D eigenvalue weighted by Gasteiger charge is -1.83. The molecule has 0 aromatic rings. The van der Waals surface area contributed by atoms with E-state index in [1.165, 1.54) is 0 Å². The average Bonchev–Trinajstić information content (AvgIpc) is 2.48. The van der Waals surface area contributed by atoms with E-state index in [4.69, 9.17) is 4.74 Å². The monoisotopic (exact) mass is 124 g/mol. The zero-order valence-electron chi connectivity index (χ0n) is 5.76. The van der Waals surface area contributed by atoms with Crippen LogP contribution in [-0.4, -0.2) is 12.7 Å². The van der Waals surface area contributed by atoms with Crippen LogP contribution in [-0.2, 0) is 4.74 Å². The second-order valence-electron chi connectivity index (χ2n) is 2.44. The summed E-state index contributed by atoms with van der Waals surface area (Å²) in [5, 5.41) is 0. The smallest absolute Gasteiger partial charge is 0.0844 e. The minimum atomic E-state index is 0.514. The highest BCUT2D eigenvalue weighted by Crippen LogP contribution is 2.13. The maximum absolute atomic E-state index is 5.01. The van der Waals surface area contributed by atoms with Gasteiger partial charge in [-0.2, -0.15) is 0 Å². The largest absolute Gasteiger partial charge is 0.373 e. The van der Waals surface area contributed by atoms with Crippen LogP contribution in [0.1, 0.15) is 13.3 Å². The van der Waals surface area contributed by atoms with Crippen LogP contribution < -0.4 is 0 Å². The lowest BCUT2D eigenvalue weighted by Crippen LogP contribution is -1.77. The Bertz CT molecular complexity index is 132. The molecule has 1 fully saturated rings. The van der Waals surface area contributed by atoms with Gasteiger partial charge in [0, 0.05) is 0 Å². The molecule has 0 spiro atoms. The van der Waals surface area contributed by atoms with Gasteiger partial charge in [-0.05, 0) is 13.3 Å². The molecule has 1 heterocycles. The van der Waals surface area contributed by atoms with Crippen LogP contribution in [0, 0.1) is 0 Å². The molecule has 1 nitrogen and oxygen atoms in total. The van der Waals surface area contributed by atoms with Crippen molar-refractivity contribution in [2.24, 2.45) is 0 Å². The van der Waals surface area contributed by atoms with Crippen LogP contribution in [0.3, 0.4) is 0 Å². The van der Waals surface area contributed by atoms with Gasteiger partial charge in [-0.25, -0.2) is 0 Å². The van der Waals surface area contributed by atoms with Gasteiger partial charge in [-0.15, -0.1) is 0 Å². The van der Waals surface area contributed by atoms with Crippen LogP contribution >= 0.6 is 0 Å². The Morgan fingerprint density at radius 3 is 3.00 bits per heavy atom. The van der Waals surface area contributed by atoms with Crippen molar-refractivity contribution >= 4 is 0 Å². The number of ether oxygens (including phenoxy) is 1. The summed E-state index contributed by atoms with van der Waals surface area (Å²) in [6.45, 7) is 6.68. The Morgan fingerprint density at radius 1 is 1.89 bits per heavy atom. The summed E-state index contributed by atoms with van der Waals surface area (Å²) in [6, 6.07) is 0. The third-order valence-corrected chi connectivity index (χ3v) is 1.20. The maximum atomic E-state index is 5.01. The van der Waals surface area contributed by atoms with E-state index in [1.54, 1.807) is 0 Å². The zero-order chi connectivity index (χ0) is 6.69. The molecule has 1 aliphatic heterocycles. The molecule has 1 saturated heterocycles. The Kier molecular flexibility index (Phi) is 2.06. The third kappa shape index (κ3) is 3.09. The fraction of sp³-hybridized carbons (Fsp3) is 0.500. The van der Waals surface area contributed by atoms with Gasteiger partial charge < -0.3 is 4.74 Å². The van der Waals surface area contributed by atoms with Crippen LogP contribution in [0.15, 0.2) is 24.3 Å². The van der Waals surface area contributed by atoms with Gasteiger partial charge in [0.1, 0.15) is 0 Å². The molecule has 1 atom stereocenters. The van der Waals surface area contributed by atoms with Gasteiger partial charge in [-0.3, -0.25) is 0 Å². The van der Waals surface area contributed by atoms with Crippen molar-refractivity contribution in [2.75, 3.05) is 6.61 Å². The molecule has 1 aliphatic rings. The number of allylic oxidation sites excluding steroid dienone is 2. The SMILES string of the molecule is C=C(C)C=CCC1CO1. The van der Waals surface area contributed by atoms with Crippen molar-refractivity contribution in [1.29, 1.82) is 0 Å². The fourth-order valence-electron chi connectivity index (χ4n) is 0.625. The van der Waals surface area contributed by atoms with E-state index < -0.39 is 0 Å². The Labute approximate surface area is 56.0 Å². The van der Waals surface area contributed by atoms with E-state index in [1.807, 2.05) is 13.0 Å². The summed E-state index contributed by atoms with van der Waals surface area (Å²) in [5.41, 5.74) is 1.11. The Hall–Kier alpha value is -0.560. The second-order valence-corrected chi connectivity index (χ2v) is 2.44. The van der Waals surface area contributed by atoms with Gasteiger partial charge >= 0.3 is 0 Å². The van der Waals surface area contributed by atoms with E-state index in [0.29, 0.717) is 6.10 Å². The molecular formula is C8H12O. The normalized spacial score (nSPS) is 24.8. The van der Waals surface area contributed by atoms with Crippen LogP contribution in [0.25, 0.3) is 0 Å². The lowest BCUT2D eigenvalue weighted by atomic mass is 10.2. The lowest BCUT2D eigenvalue weighted by molar-refractivity contribution is 0.410. The van der Waals surface area contributed by atoms with Gasteiger partial charge in [0.05, 0.1) is 12.7 Å². The quantitative estimate of drug-likeness (QED) is 0.413. The molecular weight excluding hydrogens is 112 g/mol. The highest BCUT2D eigenvalue weighted by molar-refractivity contribution is 5.11. The summed E-state index contributed by atoms with van der Waals surface area (Å²) in [5.74, 6) is 0. The van der Waals surface area contributed by atoms with E-state index in [0.717, 1.165) is 18.6 Å². The Morgan fingerprint density at radius 2 is 2.56 bits per heavy atom. The van der Waals surface area contributed by atoms with Gasteiger partial charge in [0.25, 0.3) is 0 Å². The number of rotatable bonds is 3. The van der Waals surface area contributed by atoms with Gasteiger partial charge in [0.15, 0.2) is 0 Å². The second kappa shape index (κ2) is 2.83. The van der Waals surface area contributed by atoms with Crippen molar-refractivity contribution in [1.82, 2.24) is 0 Å². The van der Waals surface area contributed by atoms with Crippen LogP contribution in [0.4, 0.5) is 0 Å². The first-order chi connectivity index (χ1) is 4.29. The van der Waals surface area contributed by atoms with E-state index in [2.05, 4.69) is 12.7 Å². The first kappa shape index (κ1) is 6.56. The maximum Gasteiger partial charge on any atom is 0.0844 e. The van der Waals surface area contributed by atoms with Crippen LogP contribution in [0.2, 0.25) is 0 Å². The molecule has 1 rings (SSSR count). The highest BCUT2D eigenvalue weighted by atomic mass is 16.6. The zero-order valence-corrected chi connectivity index (χ0v) is 5.76. The van der Waals surface area contributed by atoms with E-state index in [-0.39, 0.29) is 0 Å². The molecule has 1 heteroatoms. The number of hydrogen-bond acceptors (Lipinski definition) is 1.